The van der Waals surface area contributed by atoms with Crippen molar-refractivity contribution in [2.45, 2.75) is 25.8 Å². The van der Waals surface area contributed by atoms with Gasteiger partial charge in [-0.25, -0.2) is 4.98 Å². The van der Waals surface area contributed by atoms with Gasteiger partial charge in [-0.3, -0.25) is 14.9 Å². The van der Waals surface area contributed by atoms with Crippen LogP contribution >= 0.6 is 0 Å². The van der Waals surface area contributed by atoms with E-state index in [4.69, 9.17) is 0 Å². The van der Waals surface area contributed by atoms with E-state index in [0.717, 1.165) is 59.5 Å². The highest BCUT2D eigenvalue weighted by molar-refractivity contribution is 6.38. The van der Waals surface area contributed by atoms with Crippen LogP contribution in [0.2, 0.25) is 0 Å². The first-order valence-electron chi connectivity index (χ1n) is 11.2. The second kappa shape index (κ2) is 7.78. The molecule has 0 bridgehead atoms. The molecule has 0 saturated heterocycles. The van der Waals surface area contributed by atoms with Gasteiger partial charge < -0.3 is 14.9 Å². The molecular formula is C26H23N5O2. The van der Waals surface area contributed by atoms with Crippen molar-refractivity contribution in [2.75, 3.05) is 5.32 Å². The van der Waals surface area contributed by atoms with E-state index in [1.807, 2.05) is 54.7 Å². The number of carbonyl (C=O) groups excluding carboxylic acids is 2. The van der Waals surface area contributed by atoms with E-state index in [-0.39, 0.29) is 5.91 Å². The Labute approximate surface area is 190 Å². The number of H-pyrrole nitrogens is 1. The predicted octanol–water partition coefficient (Wildman–Crippen LogP) is 3.65. The van der Waals surface area contributed by atoms with Crippen molar-refractivity contribution in [3.05, 3.63) is 89.8 Å². The summed E-state index contributed by atoms with van der Waals surface area (Å²) in [5, 5.41) is 6.71. The minimum atomic E-state index is -0.397. The molecular weight excluding hydrogens is 414 g/mol. The quantitative estimate of drug-likeness (QED) is 0.416. The minimum Gasteiger partial charge on any atom is -0.350 e. The smallest absolute Gasteiger partial charge is 0.275 e. The van der Waals surface area contributed by atoms with E-state index in [1.165, 1.54) is 0 Å². The number of anilines is 1. The number of nitrogens with zero attached hydrogens (tertiary/aromatic N) is 2. The van der Waals surface area contributed by atoms with Crippen LogP contribution in [0.4, 0.5) is 5.69 Å². The van der Waals surface area contributed by atoms with E-state index in [1.54, 1.807) is 6.20 Å². The molecule has 2 aromatic carbocycles. The molecule has 0 spiro atoms. The van der Waals surface area contributed by atoms with Gasteiger partial charge in [0.15, 0.2) is 0 Å². The number of amides is 2. The molecule has 4 aromatic rings. The third kappa shape index (κ3) is 3.33. The summed E-state index contributed by atoms with van der Waals surface area (Å²) in [4.78, 5) is 33.5. The van der Waals surface area contributed by atoms with Crippen LogP contribution in [0.15, 0.2) is 72.7 Å². The minimum absolute atomic E-state index is 0.304. The third-order valence-electron chi connectivity index (χ3n) is 6.58. The molecule has 0 saturated carbocycles. The van der Waals surface area contributed by atoms with E-state index in [0.29, 0.717) is 17.2 Å². The summed E-state index contributed by atoms with van der Waals surface area (Å²) < 4.78 is 2.31. The lowest BCUT2D eigenvalue weighted by atomic mass is 9.89. The van der Waals surface area contributed by atoms with Crippen LogP contribution in [0.1, 0.15) is 23.5 Å². The first-order chi connectivity index (χ1) is 16.2. The van der Waals surface area contributed by atoms with Crippen molar-refractivity contribution < 1.29 is 9.59 Å². The molecule has 2 aliphatic rings. The molecule has 164 valence electrons. The van der Waals surface area contributed by atoms with Gasteiger partial charge in [-0.2, -0.15) is 0 Å². The molecule has 1 unspecified atom stereocenters. The summed E-state index contributed by atoms with van der Waals surface area (Å²) in [6.45, 7) is 0.867. The number of aromatic amines is 1. The zero-order valence-corrected chi connectivity index (χ0v) is 18.0. The van der Waals surface area contributed by atoms with Crippen molar-refractivity contribution in [1.29, 1.82) is 0 Å². The van der Waals surface area contributed by atoms with Crippen molar-refractivity contribution in [1.82, 2.24) is 19.9 Å². The number of nitrogens with one attached hydrogen (secondary N) is 3. The summed E-state index contributed by atoms with van der Waals surface area (Å²) in [5.74, 6) is 0.625. The van der Waals surface area contributed by atoms with Gasteiger partial charge in [-0.15, -0.1) is 0 Å². The Balaban J connectivity index is 1.50. The second-order valence-corrected chi connectivity index (χ2v) is 8.61. The van der Waals surface area contributed by atoms with Gasteiger partial charge in [0.2, 0.25) is 0 Å². The topological polar surface area (TPSA) is 91.8 Å². The molecule has 4 heterocycles. The van der Waals surface area contributed by atoms with Crippen LogP contribution in [0.3, 0.4) is 0 Å². The summed E-state index contributed by atoms with van der Waals surface area (Å²) in [5.41, 5.74) is 4.55. The van der Waals surface area contributed by atoms with Crippen molar-refractivity contribution in [3.8, 4) is 0 Å². The number of benzene rings is 2. The van der Waals surface area contributed by atoms with Crippen LogP contribution in [-0.2, 0) is 29.0 Å². The Morgan fingerprint density at radius 2 is 1.85 bits per heavy atom. The maximum Gasteiger partial charge on any atom is 0.275 e. The number of imidazole rings is 1. The highest BCUT2D eigenvalue weighted by Crippen LogP contribution is 2.39. The molecule has 7 nitrogen and oxygen atoms in total. The first kappa shape index (κ1) is 19.5. The summed E-state index contributed by atoms with van der Waals surface area (Å²) >= 11 is 0. The average molecular weight is 438 g/mol. The van der Waals surface area contributed by atoms with Gasteiger partial charge in [-0.05, 0) is 37.0 Å². The standard InChI is InChI=1S/C26H23N5O2/c32-25-23(24(26(33)30-25)29-17-6-2-1-3-7-17)22-18-8-4-5-9-19(18)31-13-10-16(14-20(22)31)15-21-27-11-12-28-21/h1-9,11-12,16H,10,13-15H2,(H,27,28)(H2,29,30,32,33). The largest absolute Gasteiger partial charge is 0.350 e. The van der Waals surface area contributed by atoms with E-state index in [9.17, 15) is 9.59 Å². The molecule has 3 N–H and O–H groups in total. The molecule has 0 radical (unpaired) electrons. The molecule has 2 amide bonds. The van der Waals surface area contributed by atoms with Crippen molar-refractivity contribution >= 4 is 34.0 Å². The Morgan fingerprint density at radius 1 is 1.03 bits per heavy atom. The zero-order chi connectivity index (χ0) is 22.4. The molecule has 2 aromatic heterocycles. The van der Waals surface area contributed by atoms with E-state index < -0.39 is 5.91 Å². The number of aromatic nitrogens is 3. The number of hydrogen-bond acceptors (Lipinski definition) is 4. The highest BCUT2D eigenvalue weighted by atomic mass is 16.2. The van der Waals surface area contributed by atoms with Crippen LogP contribution in [0.5, 0.6) is 0 Å². The lowest BCUT2D eigenvalue weighted by Crippen LogP contribution is -2.25. The number of carbonyl (C=O) groups is 2. The Hall–Kier alpha value is -4.13. The van der Waals surface area contributed by atoms with E-state index >= 15 is 0 Å². The lowest BCUT2D eigenvalue weighted by molar-refractivity contribution is -0.123. The summed E-state index contributed by atoms with van der Waals surface area (Å²) in [6.07, 6.45) is 6.33. The first-order valence-corrected chi connectivity index (χ1v) is 11.2. The maximum atomic E-state index is 13.1. The van der Waals surface area contributed by atoms with Crippen molar-refractivity contribution in [2.24, 2.45) is 5.92 Å². The molecule has 33 heavy (non-hydrogen) atoms. The number of rotatable bonds is 5. The molecule has 6 rings (SSSR count). The van der Waals surface area contributed by atoms with Gasteiger partial charge in [0.25, 0.3) is 11.8 Å². The number of hydrogen-bond donors (Lipinski definition) is 3. The molecule has 0 aliphatic carbocycles. The van der Waals surface area contributed by atoms with Crippen LogP contribution in [0.25, 0.3) is 16.5 Å². The number of imide groups is 1. The monoisotopic (exact) mass is 437 g/mol. The van der Waals surface area contributed by atoms with Gasteiger partial charge in [-0.1, -0.05) is 36.4 Å². The number of fused-ring (bicyclic) bond motifs is 3. The fourth-order valence-corrected chi connectivity index (χ4v) is 5.13. The molecule has 2 aliphatic heterocycles. The average Bonchev–Trinajstić information content (AvgIpc) is 3.52. The molecule has 7 heteroatoms. The predicted molar refractivity (Wildman–Crippen MR) is 126 cm³/mol. The SMILES string of the molecule is O=C1NC(=O)C(c2c3n(c4ccccc24)CCC(Cc2ncc[nH]2)C3)=C1Nc1ccccc1. The third-order valence-corrected chi connectivity index (χ3v) is 6.58. The normalized spacial score (nSPS) is 18.0. The summed E-state index contributed by atoms with van der Waals surface area (Å²) in [7, 11) is 0. The maximum absolute atomic E-state index is 13.1. The lowest BCUT2D eigenvalue weighted by Gasteiger charge is -2.25. The van der Waals surface area contributed by atoms with Gasteiger partial charge >= 0.3 is 0 Å². The van der Waals surface area contributed by atoms with Crippen LogP contribution < -0.4 is 10.6 Å². The number of aryl methyl sites for hydroxylation is 1. The van der Waals surface area contributed by atoms with Gasteiger partial charge in [0, 0.05) is 53.2 Å². The van der Waals surface area contributed by atoms with E-state index in [2.05, 4.69) is 31.2 Å². The van der Waals surface area contributed by atoms with Crippen LogP contribution in [-0.4, -0.2) is 26.3 Å². The fraction of sp³-hybridized carbons (Fsp3) is 0.192. The number of para-hydroxylation sites is 2. The Morgan fingerprint density at radius 3 is 2.67 bits per heavy atom. The molecule has 1 atom stereocenters. The Kier molecular flexibility index (Phi) is 4.61. The van der Waals surface area contributed by atoms with Gasteiger partial charge in [0.1, 0.15) is 11.5 Å². The highest BCUT2D eigenvalue weighted by Gasteiger charge is 2.37. The van der Waals surface area contributed by atoms with Crippen LogP contribution in [0, 0.1) is 5.92 Å². The summed E-state index contributed by atoms with van der Waals surface area (Å²) in [6, 6.07) is 17.6. The second-order valence-electron chi connectivity index (χ2n) is 8.61. The Bertz CT molecular complexity index is 1400. The van der Waals surface area contributed by atoms with Crippen molar-refractivity contribution in [3.63, 3.8) is 0 Å². The van der Waals surface area contributed by atoms with Gasteiger partial charge in [0.05, 0.1) is 5.57 Å². The fourth-order valence-electron chi connectivity index (χ4n) is 5.13. The molecule has 0 fully saturated rings. The zero-order valence-electron chi connectivity index (χ0n) is 18.0.